The highest BCUT2D eigenvalue weighted by Gasteiger charge is 2.68. The van der Waals surface area contributed by atoms with E-state index in [9.17, 15) is 27.6 Å². The number of amides is 4. The average molecular weight is 402 g/mol. The van der Waals surface area contributed by atoms with Crippen LogP contribution >= 0.6 is 11.6 Å². The zero-order valence-electron chi connectivity index (χ0n) is 13.3. The van der Waals surface area contributed by atoms with Gasteiger partial charge in [0.2, 0.25) is 0 Å². The molecule has 4 amide bonds. The number of carbonyl (C=O) groups is 3. The van der Waals surface area contributed by atoms with Gasteiger partial charge in [-0.2, -0.15) is 13.2 Å². The highest BCUT2D eigenvalue weighted by Crippen LogP contribution is 2.35. The molecule has 1 saturated heterocycles. The summed E-state index contributed by atoms with van der Waals surface area (Å²) in [5, 5.41) is 3.00. The number of urea groups is 1. The second-order valence-electron chi connectivity index (χ2n) is 5.58. The lowest BCUT2D eigenvalue weighted by Crippen LogP contribution is -2.69. The van der Waals surface area contributed by atoms with Crippen molar-refractivity contribution < 1.29 is 32.0 Å². The maximum Gasteiger partial charge on any atom is 0.440 e. The average Bonchev–Trinajstić information content (AvgIpc) is 3.18. The van der Waals surface area contributed by atoms with Gasteiger partial charge in [-0.05, 0) is 24.3 Å². The van der Waals surface area contributed by atoms with Crippen molar-refractivity contribution in [3.8, 4) is 0 Å². The van der Waals surface area contributed by atoms with Gasteiger partial charge in [-0.25, -0.2) is 4.79 Å². The summed E-state index contributed by atoms with van der Waals surface area (Å²) >= 11 is 5.82. The lowest BCUT2D eigenvalue weighted by atomic mass is 10.1. The summed E-state index contributed by atoms with van der Waals surface area (Å²) in [6.07, 6.45) is -4.07. The zero-order chi connectivity index (χ0) is 19.8. The summed E-state index contributed by atoms with van der Waals surface area (Å²) in [6.45, 7) is -0.530. The van der Waals surface area contributed by atoms with E-state index < -0.39 is 36.2 Å². The van der Waals surface area contributed by atoms with Gasteiger partial charge >= 0.3 is 12.2 Å². The molecule has 27 heavy (non-hydrogen) atoms. The van der Waals surface area contributed by atoms with Crippen LogP contribution in [0.25, 0.3) is 0 Å². The number of alkyl halides is 3. The molecule has 0 radical (unpaired) electrons. The predicted octanol–water partition coefficient (Wildman–Crippen LogP) is 2.67. The molecule has 3 rings (SSSR count). The minimum absolute atomic E-state index is 0.0916. The van der Waals surface area contributed by atoms with Gasteiger partial charge in [-0.15, -0.1) is 0 Å². The Kier molecular flexibility index (Phi) is 4.60. The Hall–Kier alpha value is -3.01. The Morgan fingerprint density at radius 1 is 1.22 bits per heavy atom. The molecule has 1 aliphatic rings. The van der Waals surface area contributed by atoms with E-state index in [0.29, 0.717) is 4.90 Å². The molecule has 1 fully saturated rings. The van der Waals surface area contributed by atoms with Crippen molar-refractivity contribution in [1.82, 2.24) is 15.5 Å². The predicted molar refractivity (Wildman–Crippen MR) is 85.5 cm³/mol. The van der Waals surface area contributed by atoms with Gasteiger partial charge in [-0.3, -0.25) is 19.8 Å². The van der Waals surface area contributed by atoms with Crippen LogP contribution in [0.4, 0.5) is 18.0 Å². The van der Waals surface area contributed by atoms with Gasteiger partial charge < -0.3 is 9.73 Å². The molecule has 1 aromatic carbocycles. The van der Waals surface area contributed by atoms with Crippen molar-refractivity contribution in [3.63, 3.8) is 0 Å². The third kappa shape index (κ3) is 3.23. The molecule has 1 unspecified atom stereocenters. The number of imide groups is 1. The fraction of sp³-hybridized carbons (Fsp3) is 0.188. The van der Waals surface area contributed by atoms with E-state index in [1.807, 2.05) is 0 Å². The minimum atomic E-state index is -5.31. The Morgan fingerprint density at radius 2 is 1.93 bits per heavy atom. The first-order chi connectivity index (χ1) is 12.7. The van der Waals surface area contributed by atoms with Crippen molar-refractivity contribution >= 4 is 29.4 Å². The number of nitrogens with one attached hydrogen (secondary N) is 2. The zero-order valence-corrected chi connectivity index (χ0v) is 14.1. The van der Waals surface area contributed by atoms with Crippen LogP contribution in [0.5, 0.6) is 0 Å². The van der Waals surface area contributed by atoms with Crippen LogP contribution < -0.4 is 10.6 Å². The highest BCUT2D eigenvalue weighted by atomic mass is 35.5. The van der Waals surface area contributed by atoms with Gasteiger partial charge in [0.1, 0.15) is 5.76 Å². The van der Waals surface area contributed by atoms with Crippen LogP contribution in [-0.2, 0) is 11.3 Å². The first-order valence-electron chi connectivity index (χ1n) is 7.46. The Morgan fingerprint density at radius 3 is 2.52 bits per heavy atom. The minimum Gasteiger partial charge on any atom is -0.467 e. The van der Waals surface area contributed by atoms with Crippen molar-refractivity contribution in [2.24, 2.45) is 0 Å². The van der Waals surface area contributed by atoms with Crippen molar-refractivity contribution in [2.45, 2.75) is 18.4 Å². The third-order valence-electron chi connectivity index (χ3n) is 3.84. The molecule has 0 spiro atoms. The Bertz CT molecular complexity index is 901. The number of hydrogen-bond acceptors (Lipinski definition) is 4. The lowest BCUT2D eigenvalue weighted by Gasteiger charge is -2.29. The maximum absolute atomic E-state index is 13.7. The molecule has 1 aromatic heterocycles. The SMILES string of the molecule is O=C(NC1(C(F)(F)F)NC(=O)N(Cc2ccco2)C1=O)c1ccccc1Cl. The van der Waals surface area contributed by atoms with E-state index in [4.69, 9.17) is 16.0 Å². The van der Waals surface area contributed by atoms with Gasteiger partial charge in [0, 0.05) is 0 Å². The molecule has 2 N–H and O–H groups in total. The standard InChI is InChI=1S/C16H11ClF3N3O4/c17-11-6-2-1-5-10(11)12(24)21-15(16(18,19)20)13(25)23(14(26)22-15)8-9-4-3-7-27-9/h1-7H,8H2,(H,21,24)(H,22,26). The second kappa shape index (κ2) is 6.62. The number of furan rings is 1. The maximum atomic E-state index is 13.7. The van der Waals surface area contributed by atoms with E-state index in [2.05, 4.69) is 0 Å². The number of rotatable bonds is 4. The topological polar surface area (TPSA) is 91.7 Å². The fourth-order valence-electron chi connectivity index (χ4n) is 2.51. The molecule has 7 nitrogen and oxygen atoms in total. The Labute approximate surface area is 155 Å². The molecular weight excluding hydrogens is 391 g/mol. The molecule has 11 heteroatoms. The molecule has 0 bridgehead atoms. The number of benzene rings is 1. The largest absolute Gasteiger partial charge is 0.467 e. The van der Waals surface area contributed by atoms with Crippen molar-refractivity contribution in [3.05, 3.63) is 59.0 Å². The van der Waals surface area contributed by atoms with E-state index in [1.54, 1.807) is 5.32 Å². The first-order valence-corrected chi connectivity index (χ1v) is 7.84. The van der Waals surface area contributed by atoms with E-state index in [0.717, 1.165) is 0 Å². The molecule has 2 aromatic rings. The molecule has 1 atom stereocenters. The second-order valence-corrected chi connectivity index (χ2v) is 5.99. The summed E-state index contributed by atoms with van der Waals surface area (Å²) in [4.78, 5) is 37.1. The number of carbonyl (C=O) groups excluding carboxylic acids is 3. The highest BCUT2D eigenvalue weighted by molar-refractivity contribution is 6.34. The van der Waals surface area contributed by atoms with Crippen molar-refractivity contribution in [2.75, 3.05) is 0 Å². The van der Waals surface area contributed by atoms with E-state index >= 15 is 0 Å². The van der Waals surface area contributed by atoms with Crippen LogP contribution in [-0.4, -0.2) is 34.6 Å². The summed E-state index contributed by atoms with van der Waals surface area (Å²) in [6, 6.07) is 6.86. The fourth-order valence-corrected chi connectivity index (χ4v) is 2.73. The van der Waals surface area contributed by atoms with Gasteiger partial charge in [0.15, 0.2) is 0 Å². The third-order valence-corrected chi connectivity index (χ3v) is 4.17. The number of halogens is 4. The Balaban J connectivity index is 1.94. The van der Waals surface area contributed by atoms with Gasteiger partial charge in [0.05, 0.1) is 23.4 Å². The van der Waals surface area contributed by atoms with E-state index in [1.165, 1.54) is 48.0 Å². The van der Waals surface area contributed by atoms with E-state index in [-0.39, 0.29) is 16.3 Å². The molecule has 142 valence electrons. The molecule has 1 aliphatic heterocycles. The van der Waals surface area contributed by atoms with Crippen LogP contribution in [0, 0.1) is 0 Å². The summed E-state index contributed by atoms with van der Waals surface area (Å²) in [7, 11) is 0. The smallest absolute Gasteiger partial charge is 0.440 e. The number of hydrogen-bond donors (Lipinski definition) is 2. The van der Waals surface area contributed by atoms with Gasteiger partial charge in [0.25, 0.3) is 17.5 Å². The van der Waals surface area contributed by atoms with Crippen LogP contribution in [0.3, 0.4) is 0 Å². The molecular formula is C16H11ClF3N3O4. The molecule has 2 heterocycles. The van der Waals surface area contributed by atoms with Crippen LogP contribution in [0.2, 0.25) is 5.02 Å². The molecule has 0 saturated carbocycles. The van der Waals surface area contributed by atoms with Crippen LogP contribution in [0.1, 0.15) is 16.1 Å². The van der Waals surface area contributed by atoms with Gasteiger partial charge in [-0.1, -0.05) is 23.7 Å². The summed E-state index contributed by atoms with van der Waals surface area (Å²) in [5.74, 6) is -2.86. The normalized spacial score (nSPS) is 19.9. The molecule has 0 aliphatic carbocycles. The lowest BCUT2D eigenvalue weighted by molar-refractivity contribution is -0.200. The summed E-state index contributed by atoms with van der Waals surface area (Å²) < 4.78 is 46.2. The quantitative estimate of drug-likeness (QED) is 0.770. The summed E-state index contributed by atoms with van der Waals surface area (Å²) in [5.41, 5.74) is -3.90. The number of nitrogens with zero attached hydrogens (tertiary/aromatic N) is 1. The van der Waals surface area contributed by atoms with Crippen molar-refractivity contribution in [1.29, 1.82) is 0 Å². The van der Waals surface area contributed by atoms with Crippen LogP contribution in [0.15, 0.2) is 47.1 Å². The monoisotopic (exact) mass is 401 g/mol. The first kappa shape index (κ1) is 18.8.